The molecule has 4 rings (SSSR count). The highest BCUT2D eigenvalue weighted by Gasteiger charge is 2.24. The third kappa shape index (κ3) is 5.68. The second kappa shape index (κ2) is 10.0. The normalized spacial score (nSPS) is 20.2. The van der Waals surface area contributed by atoms with Crippen LogP contribution in [0.5, 0.6) is 0 Å². The fourth-order valence-corrected chi connectivity index (χ4v) is 5.26. The minimum atomic E-state index is 0.403. The maximum atomic E-state index is 5.57. The summed E-state index contributed by atoms with van der Waals surface area (Å²) in [5.41, 5.74) is 6.10. The Labute approximate surface area is 197 Å². The quantitative estimate of drug-likeness (QED) is 0.566. The van der Waals surface area contributed by atoms with Crippen LogP contribution in [0.25, 0.3) is 0 Å². The molecule has 0 aliphatic heterocycles. The SMILES string of the molecule is Cc1cc(C)cc(NC(=S)N[C@H]2CC[C@@H](Nc3nc4c(c(N(C)C)n3)CCCC4)CC2)c1. The van der Waals surface area contributed by atoms with E-state index in [1.54, 1.807) is 0 Å². The molecule has 3 N–H and O–H groups in total. The van der Waals surface area contributed by atoms with Gasteiger partial charge in [-0.2, -0.15) is 4.98 Å². The van der Waals surface area contributed by atoms with E-state index < -0.39 is 0 Å². The largest absolute Gasteiger partial charge is 0.362 e. The van der Waals surface area contributed by atoms with Gasteiger partial charge in [-0.15, -0.1) is 0 Å². The van der Waals surface area contributed by atoms with Crippen LogP contribution in [0.3, 0.4) is 0 Å². The molecule has 1 fully saturated rings. The van der Waals surface area contributed by atoms with E-state index in [4.69, 9.17) is 22.2 Å². The highest BCUT2D eigenvalue weighted by Crippen LogP contribution is 2.29. The molecule has 1 aromatic heterocycles. The molecule has 7 heteroatoms. The number of nitrogens with one attached hydrogen (secondary N) is 3. The summed E-state index contributed by atoms with van der Waals surface area (Å²) < 4.78 is 0. The lowest BCUT2D eigenvalue weighted by Crippen LogP contribution is -2.42. The fourth-order valence-electron chi connectivity index (χ4n) is 4.97. The number of thiocarbonyl (C=S) groups is 1. The number of benzene rings is 1. The minimum Gasteiger partial charge on any atom is -0.362 e. The second-order valence-electron chi connectivity index (χ2n) is 9.57. The predicted octanol–water partition coefficient (Wildman–Crippen LogP) is 4.75. The number of aryl methyl sites for hydroxylation is 3. The van der Waals surface area contributed by atoms with Gasteiger partial charge in [0.15, 0.2) is 5.11 Å². The lowest BCUT2D eigenvalue weighted by Gasteiger charge is -2.31. The first kappa shape index (κ1) is 22.8. The van der Waals surface area contributed by atoms with Crippen LogP contribution >= 0.6 is 12.2 Å². The van der Waals surface area contributed by atoms with Crippen LogP contribution in [0.4, 0.5) is 17.5 Å². The third-order valence-corrected chi connectivity index (χ3v) is 6.68. The molecule has 0 saturated heterocycles. The maximum absolute atomic E-state index is 5.57. The van der Waals surface area contributed by atoms with Gasteiger partial charge in [0.1, 0.15) is 5.82 Å². The van der Waals surface area contributed by atoms with Crippen molar-refractivity contribution in [3.05, 3.63) is 40.6 Å². The van der Waals surface area contributed by atoms with Crippen LogP contribution in [-0.2, 0) is 12.8 Å². The summed E-state index contributed by atoms with van der Waals surface area (Å²) in [5, 5.41) is 11.2. The highest BCUT2D eigenvalue weighted by atomic mass is 32.1. The molecule has 2 aliphatic rings. The van der Waals surface area contributed by atoms with Gasteiger partial charge in [-0.05, 0) is 101 Å². The molecule has 2 aromatic rings. The molecule has 6 nitrogen and oxygen atoms in total. The number of rotatable bonds is 5. The zero-order valence-electron chi connectivity index (χ0n) is 19.8. The van der Waals surface area contributed by atoms with E-state index in [1.165, 1.54) is 35.2 Å². The first-order valence-electron chi connectivity index (χ1n) is 11.9. The van der Waals surface area contributed by atoms with Crippen molar-refractivity contribution in [1.82, 2.24) is 15.3 Å². The first-order valence-corrected chi connectivity index (χ1v) is 12.3. The third-order valence-electron chi connectivity index (χ3n) is 6.46. The van der Waals surface area contributed by atoms with Crippen molar-refractivity contribution in [2.24, 2.45) is 0 Å². The standard InChI is InChI=1S/C25H36N6S/c1-16-13-17(2)15-20(14-16)28-25(32)27-19-11-9-18(10-12-19)26-24-29-22-8-6-5-7-21(22)23(30-24)31(3)4/h13-15,18-19H,5-12H2,1-4H3,(H,26,29,30)(H2,27,28,32)/t18-,19+. The van der Waals surface area contributed by atoms with Gasteiger partial charge >= 0.3 is 0 Å². The molecule has 0 unspecified atom stereocenters. The van der Waals surface area contributed by atoms with Crippen molar-refractivity contribution >= 4 is 34.8 Å². The molecule has 0 atom stereocenters. The molecule has 0 spiro atoms. The first-order chi connectivity index (χ1) is 15.4. The molecule has 0 radical (unpaired) electrons. The number of hydrogen-bond donors (Lipinski definition) is 3. The van der Waals surface area contributed by atoms with Crippen molar-refractivity contribution < 1.29 is 0 Å². The number of nitrogens with zero attached hydrogens (tertiary/aromatic N) is 3. The van der Waals surface area contributed by atoms with Crippen LogP contribution in [0.2, 0.25) is 0 Å². The minimum absolute atomic E-state index is 0.403. The Hall–Kier alpha value is -2.41. The summed E-state index contributed by atoms with van der Waals surface area (Å²) in [7, 11) is 4.15. The van der Waals surface area contributed by atoms with E-state index in [1.807, 2.05) is 0 Å². The second-order valence-corrected chi connectivity index (χ2v) is 9.97. The lowest BCUT2D eigenvalue weighted by molar-refractivity contribution is 0.387. The van der Waals surface area contributed by atoms with Gasteiger partial charge in [-0.3, -0.25) is 0 Å². The summed E-state index contributed by atoms with van der Waals surface area (Å²) >= 11 is 5.57. The summed E-state index contributed by atoms with van der Waals surface area (Å²) in [6, 6.07) is 7.24. The van der Waals surface area contributed by atoms with Crippen LogP contribution in [-0.4, -0.2) is 41.3 Å². The van der Waals surface area contributed by atoms with Crippen molar-refractivity contribution in [1.29, 1.82) is 0 Å². The Balaban J connectivity index is 1.30. The Morgan fingerprint density at radius 3 is 2.28 bits per heavy atom. The zero-order chi connectivity index (χ0) is 22.7. The fraction of sp³-hybridized carbons (Fsp3) is 0.560. The van der Waals surface area contributed by atoms with Crippen LogP contribution in [0.15, 0.2) is 18.2 Å². The summed E-state index contributed by atoms with van der Waals surface area (Å²) in [5.74, 6) is 1.87. The van der Waals surface area contributed by atoms with E-state index in [9.17, 15) is 0 Å². The van der Waals surface area contributed by atoms with E-state index >= 15 is 0 Å². The maximum Gasteiger partial charge on any atom is 0.225 e. The Bertz CT molecular complexity index is 945. The van der Waals surface area contributed by atoms with E-state index in [0.717, 1.165) is 56.0 Å². The van der Waals surface area contributed by atoms with Crippen LogP contribution in [0, 0.1) is 13.8 Å². The van der Waals surface area contributed by atoms with Gasteiger partial charge in [0.2, 0.25) is 5.95 Å². The number of aromatic nitrogens is 2. The summed E-state index contributed by atoms with van der Waals surface area (Å²) in [6.45, 7) is 4.22. The molecule has 1 heterocycles. The van der Waals surface area contributed by atoms with Gasteiger partial charge in [-0.25, -0.2) is 4.98 Å². The van der Waals surface area contributed by atoms with Crippen molar-refractivity contribution in [2.75, 3.05) is 29.6 Å². The van der Waals surface area contributed by atoms with Crippen molar-refractivity contribution in [3.8, 4) is 0 Å². The van der Waals surface area contributed by atoms with Gasteiger partial charge in [0, 0.05) is 37.4 Å². The van der Waals surface area contributed by atoms with Gasteiger partial charge in [0.25, 0.3) is 0 Å². The average molecular weight is 453 g/mol. The number of fused-ring (bicyclic) bond motifs is 1. The van der Waals surface area contributed by atoms with Crippen molar-refractivity contribution in [3.63, 3.8) is 0 Å². The molecular formula is C25H36N6S. The topological polar surface area (TPSA) is 65.1 Å². The van der Waals surface area contributed by atoms with Gasteiger partial charge in [0.05, 0.1) is 5.69 Å². The van der Waals surface area contributed by atoms with Gasteiger partial charge in [-0.1, -0.05) is 6.07 Å². The van der Waals surface area contributed by atoms with Crippen molar-refractivity contribution in [2.45, 2.75) is 77.3 Å². The molecule has 2 aliphatic carbocycles. The zero-order valence-corrected chi connectivity index (χ0v) is 20.6. The smallest absolute Gasteiger partial charge is 0.225 e. The van der Waals surface area contributed by atoms with E-state index in [0.29, 0.717) is 17.2 Å². The Morgan fingerprint density at radius 2 is 1.59 bits per heavy atom. The van der Waals surface area contributed by atoms with Gasteiger partial charge < -0.3 is 20.9 Å². The molecule has 1 saturated carbocycles. The van der Waals surface area contributed by atoms with Crippen LogP contribution in [0.1, 0.15) is 60.9 Å². The van der Waals surface area contributed by atoms with E-state index in [2.05, 4.69) is 67.0 Å². The monoisotopic (exact) mass is 452 g/mol. The van der Waals surface area contributed by atoms with Crippen LogP contribution < -0.4 is 20.9 Å². The predicted molar refractivity (Wildman–Crippen MR) is 138 cm³/mol. The van der Waals surface area contributed by atoms with E-state index in [-0.39, 0.29) is 0 Å². The summed E-state index contributed by atoms with van der Waals surface area (Å²) in [6.07, 6.45) is 8.95. The molecular weight excluding hydrogens is 416 g/mol. The molecule has 172 valence electrons. The molecule has 32 heavy (non-hydrogen) atoms. The Kier molecular flexibility index (Phi) is 7.13. The molecule has 0 amide bonds. The Morgan fingerprint density at radius 1 is 0.938 bits per heavy atom. The molecule has 1 aromatic carbocycles. The number of anilines is 3. The number of hydrogen-bond acceptors (Lipinski definition) is 5. The summed E-state index contributed by atoms with van der Waals surface area (Å²) in [4.78, 5) is 11.9. The average Bonchev–Trinajstić information content (AvgIpc) is 2.73. The molecule has 0 bridgehead atoms. The highest BCUT2D eigenvalue weighted by molar-refractivity contribution is 7.80. The lowest BCUT2D eigenvalue weighted by atomic mass is 9.91.